The van der Waals surface area contributed by atoms with Crippen molar-refractivity contribution in [1.29, 1.82) is 0 Å². The molecular formula is C8H14O2S. The molecule has 0 heterocycles. The molecule has 11 heavy (non-hydrogen) atoms. The Morgan fingerprint density at radius 1 is 1.73 bits per heavy atom. The van der Waals surface area contributed by atoms with Gasteiger partial charge in [0.15, 0.2) is 5.12 Å². The van der Waals surface area contributed by atoms with Gasteiger partial charge in [0, 0.05) is 19.3 Å². The number of hydrogen-bond donors (Lipinski definition) is 0. The second kappa shape index (κ2) is 7.82. The Labute approximate surface area is 72.0 Å². The van der Waals surface area contributed by atoms with E-state index in [-0.39, 0.29) is 5.12 Å². The van der Waals surface area contributed by atoms with Gasteiger partial charge in [0.1, 0.15) is 0 Å². The minimum Gasteiger partial charge on any atom is -0.377 e. The van der Waals surface area contributed by atoms with E-state index in [1.807, 2.05) is 0 Å². The summed E-state index contributed by atoms with van der Waals surface area (Å²) in [6, 6.07) is 0. The van der Waals surface area contributed by atoms with Crippen molar-refractivity contribution in [3.63, 3.8) is 0 Å². The first-order valence-corrected chi connectivity index (χ1v) is 4.58. The molecule has 0 aromatic carbocycles. The Morgan fingerprint density at radius 2 is 2.45 bits per heavy atom. The van der Waals surface area contributed by atoms with Crippen molar-refractivity contribution < 1.29 is 9.53 Å². The molecule has 0 aliphatic carbocycles. The lowest BCUT2D eigenvalue weighted by atomic mass is 10.5. The van der Waals surface area contributed by atoms with E-state index in [1.54, 1.807) is 13.0 Å². The number of thioether (sulfide) groups is 1. The fraction of sp³-hybridized carbons (Fsp3) is 0.625. The van der Waals surface area contributed by atoms with Crippen molar-refractivity contribution in [3.05, 3.63) is 12.7 Å². The smallest absolute Gasteiger partial charge is 0.185 e. The maximum Gasteiger partial charge on any atom is 0.185 e. The lowest BCUT2D eigenvalue weighted by Gasteiger charge is -1.98. The van der Waals surface area contributed by atoms with Crippen LogP contribution in [0.15, 0.2) is 12.7 Å². The molecule has 0 aliphatic rings. The second-order valence-corrected chi connectivity index (χ2v) is 3.33. The van der Waals surface area contributed by atoms with Crippen LogP contribution in [0.2, 0.25) is 0 Å². The molecule has 0 fully saturated rings. The van der Waals surface area contributed by atoms with Crippen molar-refractivity contribution in [2.75, 3.05) is 19.0 Å². The number of carbonyl (C=O) groups excluding carboxylic acids is 1. The molecule has 0 radical (unpaired) electrons. The van der Waals surface area contributed by atoms with E-state index in [4.69, 9.17) is 4.74 Å². The minimum absolute atomic E-state index is 0.175. The molecule has 0 unspecified atom stereocenters. The van der Waals surface area contributed by atoms with Crippen LogP contribution in [-0.2, 0) is 9.53 Å². The molecule has 0 aliphatic heterocycles. The number of hydrogen-bond acceptors (Lipinski definition) is 3. The molecule has 0 bridgehead atoms. The van der Waals surface area contributed by atoms with Crippen LogP contribution in [0.4, 0.5) is 0 Å². The summed E-state index contributed by atoms with van der Waals surface area (Å²) >= 11 is 1.34. The highest BCUT2D eigenvalue weighted by Gasteiger charge is 1.92. The van der Waals surface area contributed by atoms with E-state index in [0.717, 1.165) is 12.2 Å². The van der Waals surface area contributed by atoms with E-state index < -0.39 is 0 Å². The fourth-order valence-corrected chi connectivity index (χ4v) is 1.09. The predicted molar refractivity (Wildman–Crippen MR) is 48.8 cm³/mol. The molecule has 3 heteroatoms. The first-order chi connectivity index (χ1) is 5.27. The SMILES string of the molecule is C=CCOCCCSC(C)=O. The van der Waals surface area contributed by atoms with Crippen LogP contribution in [0.1, 0.15) is 13.3 Å². The van der Waals surface area contributed by atoms with Gasteiger partial charge >= 0.3 is 0 Å². The highest BCUT2D eigenvalue weighted by Crippen LogP contribution is 2.02. The normalized spacial score (nSPS) is 9.55. The van der Waals surface area contributed by atoms with Crippen LogP contribution in [-0.4, -0.2) is 24.1 Å². The third kappa shape index (κ3) is 9.72. The largest absolute Gasteiger partial charge is 0.377 e. The average molecular weight is 174 g/mol. The topological polar surface area (TPSA) is 26.3 Å². The van der Waals surface area contributed by atoms with Crippen molar-refractivity contribution in [1.82, 2.24) is 0 Å². The lowest BCUT2D eigenvalue weighted by molar-refractivity contribution is -0.109. The van der Waals surface area contributed by atoms with Crippen molar-refractivity contribution >= 4 is 16.9 Å². The van der Waals surface area contributed by atoms with Gasteiger partial charge in [0.25, 0.3) is 0 Å². The standard InChI is InChI=1S/C8H14O2S/c1-3-5-10-6-4-7-11-8(2)9/h3H,1,4-7H2,2H3. The van der Waals surface area contributed by atoms with Gasteiger partial charge in [-0.1, -0.05) is 17.8 Å². The molecule has 0 amide bonds. The fourth-order valence-electron chi connectivity index (χ4n) is 0.544. The van der Waals surface area contributed by atoms with Gasteiger partial charge in [-0.25, -0.2) is 0 Å². The third-order valence-corrected chi connectivity index (χ3v) is 1.87. The van der Waals surface area contributed by atoms with E-state index >= 15 is 0 Å². The monoisotopic (exact) mass is 174 g/mol. The van der Waals surface area contributed by atoms with Gasteiger partial charge in [0.05, 0.1) is 6.61 Å². The quantitative estimate of drug-likeness (QED) is 0.454. The van der Waals surface area contributed by atoms with E-state index in [1.165, 1.54) is 11.8 Å². The maximum atomic E-state index is 10.4. The Hall–Kier alpha value is -0.280. The molecule has 0 spiro atoms. The molecule has 2 nitrogen and oxygen atoms in total. The molecule has 0 saturated carbocycles. The Morgan fingerprint density at radius 3 is 3.00 bits per heavy atom. The van der Waals surface area contributed by atoms with Crippen molar-refractivity contribution in [2.24, 2.45) is 0 Å². The summed E-state index contributed by atoms with van der Waals surface area (Å²) < 4.78 is 5.12. The second-order valence-electron chi connectivity index (χ2n) is 2.06. The van der Waals surface area contributed by atoms with E-state index in [0.29, 0.717) is 13.2 Å². The maximum absolute atomic E-state index is 10.4. The van der Waals surface area contributed by atoms with Crippen LogP contribution in [0, 0.1) is 0 Å². The highest BCUT2D eigenvalue weighted by molar-refractivity contribution is 8.13. The highest BCUT2D eigenvalue weighted by atomic mass is 32.2. The lowest BCUT2D eigenvalue weighted by Crippen LogP contribution is -1.96. The zero-order valence-electron chi connectivity index (χ0n) is 6.84. The van der Waals surface area contributed by atoms with Crippen LogP contribution in [0.3, 0.4) is 0 Å². The molecule has 0 rings (SSSR count). The Bertz CT molecular complexity index is 123. The van der Waals surface area contributed by atoms with Crippen molar-refractivity contribution in [3.8, 4) is 0 Å². The van der Waals surface area contributed by atoms with Crippen LogP contribution >= 0.6 is 11.8 Å². The van der Waals surface area contributed by atoms with Gasteiger partial charge in [-0.05, 0) is 6.42 Å². The number of ether oxygens (including phenoxy) is 1. The Balaban J connectivity index is 2.90. The summed E-state index contributed by atoms with van der Waals surface area (Å²) in [7, 11) is 0. The molecule has 0 aromatic heterocycles. The van der Waals surface area contributed by atoms with E-state index in [2.05, 4.69) is 6.58 Å². The van der Waals surface area contributed by atoms with Gasteiger partial charge in [-0.2, -0.15) is 0 Å². The average Bonchev–Trinajstić information content (AvgIpc) is 1.96. The molecule has 64 valence electrons. The minimum atomic E-state index is 0.175. The van der Waals surface area contributed by atoms with Gasteiger partial charge in [-0.3, -0.25) is 4.79 Å². The third-order valence-electron chi connectivity index (χ3n) is 0.974. The van der Waals surface area contributed by atoms with Gasteiger partial charge in [-0.15, -0.1) is 6.58 Å². The molecule has 0 N–H and O–H groups in total. The summed E-state index contributed by atoms with van der Waals surface area (Å²) in [5.74, 6) is 0.854. The summed E-state index contributed by atoms with van der Waals surface area (Å²) in [6.45, 7) is 6.42. The van der Waals surface area contributed by atoms with Crippen molar-refractivity contribution in [2.45, 2.75) is 13.3 Å². The Kier molecular flexibility index (Phi) is 7.62. The zero-order chi connectivity index (χ0) is 8.53. The first kappa shape index (κ1) is 10.7. The summed E-state index contributed by atoms with van der Waals surface area (Å²) in [5, 5.41) is 0.175. The number of carbonyl (C=O) groups is 1. The first-order valence-electron chi connectivity index (χ1n) is 3.59. The molecule has 0 atom stereocenters. The molecule has 0 aromatic rings. The summed E-state index contributed by atoms with van der Waals surface area (Å²) in [4.78, 5) is 10.4. The summed E-state index contributed by atoms with van der Waals surface area (Å²) in [6.07, 6.45) is 2.65. The van der Waals surface area contributed by atoms with Gasteiger partial charge in [0.2, 0.25) is 0 Å². The van der Waals surface area contributed by atoms with Crippen LogP contribution in [0.5, 0.6) is 0 Å². The van der Waals surface area contributed by atoms with Gasteiger partial charge < -0.3 is 4.74 Å². The predicted octanol–water partition coefficient (Wildman–Crippen LogP) is 1.86. The van der Waals surface area contributed by atoms with Crippen LogP contribution in [0.25, 0.3) is 0 Å². The van der Waals surface area contributed by atoms with E-state index in [9.17, 15) is 4.79 Å². The summed E-state index contributed by atoms with van der Waals surface area (Å²) in [5.41, 5.74) is 0. The zero-order valence-corrected chi connectivity index (χ0v) is 7.65. The number of rotatable bonds is 6. The van der Waals surface area contributed by atoms with Crippen LogP contribution < -0.4 is 0 Å². The molecular weight excluding hydrogens is 160 g/mol. The molecule has 0 saturated heterocycles.